The first-order valence-corrected chi connectivity index (χ1v) is 31.8. The van der Waals surface area contributed by atoms with Gasteiger partial charge in [0.25, 0.3) is 0 Å². The van der Waals surface area contributed by atoms with E-state index in [1.54, 1.807) is 0 Å². The Morgan fingerprint density at radius 2 is 0.905 bits per heavy atom. The molecule has 4 aromatic carbocycles. The van der Waals surface area contributed by atoms with E-state index < -0.39 is 21.5 Å². The van der Waals surface area contributed by atoms with Gasteiger partial charge in [-0.25, -0.2) is 0 Å². The van der Waals surface area contributed by atoms with Gasteiger partial charge in [0.1, 0.15) is 0 Å². The zero-order chi connectivity index (χ0) is 30.2. The van der Waals surface area contributed by atoms with Crippen LogP contribution < -0.4 is 0 Å². The second-order valence-electron chi connectivity index (χ2n) is 11.8. The molecule has 0 aromatic heterocycles. The van der Waals surface area contributed by atoms with Gasteiger partial charge in [0.2, 0.25) is 0 Å². The molecular weight excluding hydrogens is 740 g/mol. The molecule has 8 heteroatoms. The van der Waals surface area contributed by atoms with Gasteiger partial charge in [0.05, 0.1) is 0 Å². The van der Waals surface area contributed by atoms with E-state index >= 15 is 0 Å². The van der Waals surface area contributed by atoms with Crippen LogP contribution in [0.15, 0.2) is 83.9 Å². The summed E-state index contributed by atoms with van der Waals surface area (Å²) in [5.41, 5.74) is 11.1. The summed E-state index contributed by atoms with van der Waals surface area (Å²) in [4.78, 5) is 0. The van der Waals surface area contributed by atoms with Crippen molar-refractivity contribution in [3.05, 3.63) is 126 Å². The van der Waals surface area contributed by atoms with Crippen LogP contribution in [0.3, 0.4) is 0 Å². The molecule has 4 aromatic rings. The fraction of sp³-hybridized carbons (Fsp3) is 0.176. The van der Waals surface area contributed by atoms with Gasteiger partial charge in [0, 0.05) is 0 Å². The summed E-state index contributed by atoms with van der Waals surface area (Å²) >= 11 is 21.5. The van der Waals surface area contributed by atoms with Gasteiger partial charge in [0.15, 0.2) is 0 Å². The number of rotatable bonds is 5. The van der Waals surface area contributed by atoms with Gasteiger partial charge < -0.3 is 0 Å². The maximum absolute atomic E-state index is 8.36. The monoisotopic (exact) mass is 765 g/mol. The second-order valence-corrected chi connectivity index (χ2v) is 55.9. The molecule has 42 heavy (non-hydrogen) atoms. The molecule has 0 radical (unpaired) electrons. The van der Waals surface area contributed by atoms with Gasteiger partial charge in [-0.15, -0.1) is 0 Å². The third-order valence-corrected chi connectivity index (χ3v) is 63.1. The van der Waals surface area contributed by atoms with Gasteiger partial charge in [-0.05, 0) is 0 Å². The Balaban J connectivity index is 1.56. The van der Waals surface area contributed by atoms with E-state index in [9.17, 15) is 0 Å². The van der Waals surface area contributed by atoms with E-state index in [0.717, 1.165) is 33.4 Å². The quantitative estimate of drug-likeness (QED) is 0.177. The van der Waals surface area contributed by atoms with Crippen LogP contribution in [0, 0.1) is 0 Å². The predicted octanol–water partition coefficient (Wildman–Crippen LogP) is 13.2. The maximum atomic E-state index is 8.36. The van der Waals surface area contributed by atoms with Crippen molar-refractivity contribution in [3.8, 4) is 22.3 Å². The number of allylic oxidation sites excluding steroid dienone is 2. The summed E-state index contributed by atoms with van der Waals surface area (Å²) in [5, 5.41) is 2.18. The first-order valence-electron chi connectivity index (χ1n) is 13.9. The molecule has 6 rings (SSSR count). The molecule has 215 valence electrons. The van der Waals surface area contributed by atoms with Crippen molar-refractivity contribution < 1.29 is 15.6 Å². The number of hydrogen-bond acceptors (Lipinski definition) is 0. The molecular formula is C34H29Cl6SiZr. The first-order chi connectivity index (χ1) is 19.9. The van der Waals surface area contributed by atoms with Crippen LogP contribution in [0.1, 0.15) is 43.4 Å². The van der Waals surface area contributed by atoms with Gasteiger partial charge in [-0.1, -0.05) is 0 Å². The average molecular weight is 770 g/mol. The Morgan fingerprint density at radius 1 is 0.548 bits per heavy atom. The third kappa shape index (κ3) is 4.63. The van der Waals surface area contributed by atoms with Crippen molar-refractivity contribution in [2.24, 2.45) is 0 Å². The molecule has 0 bridgehead atoms. The minimum absolute atomic E-state index is 0.0212. The van der Waals surface area contributed by atoms with Crippen molar-refractivity contribution in [2.75, 3.05) is 0 Å². The zero-order valence-electron chi connectivity index (χ0n) is 23.6. The molecule has 0 amide bonds. The number of halogens is 6. The van der Waals surface area contributed by atoms with Crippen molar-refractivity contribution in [2.45, 2.75) is 34.2 Å². The Labute approximate surface area is 277 Å². The van der Waals surface area contributed by atoms with Crippen LogP contribution in [-0.2, 0) is 15.6 Å². The van der Waals surface area contributed by atoms with Crippen LogP contribution in [0.25, 0.3) is 34.4 Å². The van der Waals surface area contributed by atoms with E-state index in [1.807, 2.05) is 36.4 Å². The first kappa shape index (κ1) is 31.2. The summed E-state index contributed by atoms with van der Waals surface area (Å²) in [7, 11) is 16.7. The number of hydrogen-bond donors (Lipinski definition) is 0. The molecule has 2 aliphatic rings. The molecule has 0 saturated heterocycles. The Bertz CT molecular complexity index is 1710. The fourth-order valence-electron chi connectivity index (χ4n) is 7.30. The Kier molecular flexibility index (Phi) is 8.33. The van der Waals surface area contributed by atoms with Crippen molar-refractivity contribution in [1.29, 1.82) is 0 Å². The van der Waals surface area contributed by atoms with Crippen LogP contribution in [0.5, 0.6) is 0 Å². The van der Waals surface area contributed by atoms with Gasteiger partial charge in [-0.2, -0.15) is 0 Å². The van der Waals surface area contributed by atoms with E-state index in [-0.39, 0.29) is 7.25 Å². The Morgan fingerprint density at radius 3 is 1.29 bits per heavy atom. The fourth-order valence-corrected chi connectivity index (χ4v) is 41.0. The molecule has 0 spiro atoms. The standard InChI is InChI=1S/2C16H11Cl2.C2H7Si.2ClH.Zr/c2*1-10-8-11-4-2-5-12(14(11)9-10)13-6-3-7-15(17)16(13)18;1-3-2;;;/h2*2-9H,1H3;3H,1-2H3;2*1H;/q;;;;;+2/p-2. The van der Waals surface area contributed by atoms with Crippen LogP contribution in [0.2, 0.25) is 33.2 Å². The summed E-state index contributed by atoms with van der Waals surface area (Å²) in [6, 6.07) is 24.4. The average Bonchev–Trinajstić information content (AvgIpc) is 3.48. The molecule has 0 fully saturated rings. The van der Waals surface area contributed by atoms with E-state index in [0.29, 0.717) is 20.1 Å². The summed E-state index contributed by atoms with van der Waals surface area (Å²) in [6.07, 6.45) is 4.55. The van der Waals surface area contributed by atoms with Crippen molar-refractivity contribution in [1.82, 2.24) is 0 Å². The molecule has 2 aliphatic carbocycles. The van der Waals surface area contributed by atoms with E-state index in [4.69, 9.17) is 63.4 Å². The van der Waals surface area contributed by atoms with Crippen LogP contribution >= 0.6 is 63.4 Å². The summed E-state index contributed by atoms with van der Waals surface area (Å²) in [5.74, 6) is -1.67. The second kappa shape index (κ2) is 11.2. The molecule has 0 heterocycles. The number of fused-ring (bicyclic) bond motifs is 2. The molecule has 0 aliphatic heterocycles. The zero-order valence-corrected chi connectivity index (χ0v) is 31.7. The van der Waals surface area contributed by atoms with Crippen molar-refractivity contribution >= 4 is 81.5 Å². The van der Waals surface area contributed by atoms with Crippen LogP contribution in [-0.4, -0.2) is 5.92 Å². The normalized spacial score (nSPS) is 18.8. The predicted molar refractivity (Wildman–Crippen MR) is 187 cm³/mol. The van der Waals surface area contributed by atoms with E-state index in [2.05, 4.69) is 75.5 Å². The number of benzene rings is 4. The molecule has 2 atom stereocenters. The topological polar surface area (TPSA) is 0 Å². The SMILES string of the molecule is CC1=Cc2c(-c3cccc(Cl)c3Cl)cccc2[CH]1[Zr]([Cl])([Cl])([CH]1C(C)=Cc2c(-c3cccc(Cl)c3Cl)cccc21)[SiH](C)C. The molecule has 0 N–H and O–H groups in total. The Hall–Kier alpha value is -0.800. The van der Waals surface area contributed by atoms with E-state index in [1.165, 1.54) is 22.3 Å². The molecule has 2 unspecified atom stereocenters. The molecule has 0 saturated carbocycles. The van der Waals surface area contributed by atoms with Crippen LogP contribution in [0.4, 0.5) is 0 Å². The van der Waals surface area contributed by atoms with Gasteiger partial charge >= 0.3 is 280 Å². The van der Waals surface area contributed by atoms with Gasteiger partial charge in [-0.3, -0.25) is 0 Å². The van der Waals surface area contributed by atoms with Crippen molar-refractivity contribution in [3.63, 3.8) is 0 Å². The summed E-state index contributed by atoms with van der Waals surface area (Å²) < 4.78 is -0.0425. The minimum atomic E-state index is -4.82. The third-order valence-electron chi connectivity index (χ3n) is 9.25. The molecule has 0 nitrogen and oxygen atoms in total. The summed E-state index contributed by atoms with van der Waals surface area (Å²) in [6.45, 7) is 9.08.